The van der Waals surface area contributed by atoms with E-state index in [9.17, 15) is 9.59 Å². The topological polar surface area (TPSA) is 52.7 Å². The normalized spacial score (nSPS) is 30.6. The van der Waals surface area contributed by atoms with Crippen molar-refractivity contribution in [3.05, 3.63) is 35.9 Å². The monoisotopic (exact) mass is 355 g/mol. The van der Waals surface area contributed by atoms with Gasteiger partial charge in [-0.25, -0.2) is 0 Å². The van der Waals surface area contributed by atoms with Crippen molar-refractivity contribution in [1.29, 1.82) is 0 Å². The number of nitrogens with one attached hydrogen (secondary N) is 1. The molecule has 3 saturated heterocycles. The summed E-state index contributed by atoms with van der Waals surface area (Å²) in [4.78, 5) is 28.4. The maximum atomic E-state index is 12.2. The fourth-order valence-electron chi connectivity index (χ4n) is 5.23. The lowest BCUT2D eigenvalue weighted by Gasteiger charge is -2.40. The summed E-state index contributed by atoms with van der Waals surface area (Å²) in [5, 5.41) is 3.39. The van der Waals surface area contributed by atoms with Gasteiger partial charge in [0.15, 0.2) is 0 Å². The van der Waals surface area contributed by atoms with E-state index in [4.69, 9.17) is 0 Å². The molecule has 3 fully saturated rings. The molecule has 140 valence electrons. The number of amides is 2. The Kier molecular flexibility index (Phi) is 4.74. The Morgan fingerprint density at radius 3 is 2.58 bits per heavy atom. The second kappa shape index (κ2) is 7.03. The van der Waals surface area contributed by atoms with Gasteiger partial charge in [0.2, 0.25) is 11.8 Å². The Morgan fingerprint density at radius 2 is 1.92 bits per heavy atom. The van der Waals surface area contributed by atoms with Crippen LogP contribution in [-0.4, -0.2) is 59.4 Å². The van der Waals surface area contributed by atoms with Crippen molar-refractivity contribution in [3.63, 3.8) is 0 Å². The number of benzene rings is 1. The standard InChI is InChI=1S/C21H29N3O2/c1-16(25)23-12-9-18(10-13-23)24-14-19(17-6-3-2-4-7-17)21(15-24)11-5-8-20(26)22-21/h2-4,6-7,18-19H,5,8-15H2,1H3,(H,22,26)/t19-,21+/m0/s1. The smallest absolute Gasteiger partial charge is 0.220 e. The van der Waals surface area contributed by atoms with Crippen molar-refractivity contribution >= 4 is 11.8 Å². The fraction of sp³-hybridized carbons (Fsp3) is 0.619. The summed E-state index contributed by atoms with van der Waals surface area (Å²) in [6.07, 6.45) is 4.75. The van der Waals surface area contributed by atoms with Crippen molar-refractivity contribution in [1.82, 2.24) is 15.1 Å². The largest absolute Gasteiger partial charge is 0.349 e. The van der Waals surface area contributed by atoms with E-state index in [2.05, 4.69) is 40.5 Å². The summed E-state index contributed by atoms with van der Waals surface area (Å²) in [5.41, 5.74) is 1.20. The molecule has 5 heteroatoms. The van der Waals surface area contributed by atoms with Gasteiger partial charge >= 0.3 is 0 Å². The average Bonchev–Trinajstić information content (AvgIpc) is 3.01. The SMILES string of the molecule is CC(=O)N1CCC(N2C[C@@H](c3ccccc3)[C@@]3(CCCC(=O)N3)C2)CC1. The van der Waals surface area contributed by atoms with Gasteiger partial charge in [-0.2, -0.15) is 0 Å². The lowest BCUT2D eigenvalue weighted by atomic mass is 9.76. The van der Waals surface area contributed by atoms with Gasteiger partial charge in [-0.3, -0.25) is 14.5 Å². The second-order valence-corrected chi connectivity index (χ2v) is 8.19. The first-order valence-corrected chi connectivity index (χ1v) is 9.93. The minimum absolute atomic E-state index is 0.131. The molecule has 0 aliphatic carbocycles. The molecule has 0 unspecified atom stereocenters. The van der Waals surface area contributed by atoms with E-state index < -0.39 is 0 Å². The van der Waals surface area contributed by atoms with Crippen LogP contribution in [0.25, 0.3) is 0 Å². The summed E-state index contributed by atoms with van der Waals surface area (Å²) in [6, 6.07) is 11.2. The molecule has 4 rings (SSSR count). The Balaban J connectivity index is 1.54. The number of nitrogens with zero attached hydrogens (tertiary/aromatic N) is 2. The van der Waals surface area contributed by atoms with Gasteiger partial charge in [0, 0.05) is 51.5 Å². The van der Waals surface area contributed by atoms with Gasteiger partial charge in [-0.15, -0.1) is 0 Å². The van der Waals surface area contributed by atoms with Crippen LogP contribution >= 0.6 is 0 Å². The van der Waals surface area contributed by atoms with E-state index in [1.165, 1.54) is 5.56 Å². The minimum Gasteiger partial charge on any atom is -0.349 e. The molecule has 3 aliphatic rings. The maximum absolute atomic E-state index is 12.2. The van der Waals surface area contributed by atoms with Gasteiger partial charge in [0.05, 0.1) is 5.54 Å². The molecule has 2 amide bonds. The van der Waals surface area contributed by atoms with E-state index in [0.29, 0.717) is 18.4 Å². The summed E-state index contributed by atoms with van der Waals surface area (Å²) >= 11 is 0. The van der Waals surface area contributed by atoms with Crippen LogP contribution < -0.4 is 5.32 Å². The molecule has 26 heavy (non-hydrogen) atoms. The van der Waals surface area contributed by atoms with E-state index in [1.807, 2.05) is 4.90 Å². The number of hydrogen-bond acceptors (Lipinski definition) is 3. The Morgan fingerprint density at radius 1 is 1.19 bits per heavy atom. The first-order valence-electron chi connectivity index (χ1n) is 9.93. The predicted octanol–water partition coefficient (Wildman–Crippen LogP) is 2.14. The van der Waals surface area contributed by atoms with E-state index in [1.54, 1.807) is 6.92 Å². The van der Waals surface area contributed by atoms with Crippen molar-refractivity contribution in [3.8, 4) is 0 Å². The van der Waals surface area contributed by atoms with Crippen LogP contribution in [0.1, 0.15) is 50.5 Å². The molecule has 3 aliphatic heterocycles. The highest BCUT2D eigenvalue weighted by Crippen LogP contribution is 2.42. The van der Waals surface area contributed by atoms with Crippen LogP contribution in [0.3, 0.4) is 0 Å². The van der Waals surface area contributed by atoms with Crippen molar-refractivity contribution in [2.24, 2.45) is 0 Å². The minimum atomic E-state index is -0.131. The highest BCUT2D eigenvalue weighted by Gasteiger charge is 2.50. The molecule has 0 aromatic heterocycles. The summed E-state index contributed by atoms with van der Waals surface area (Å²) in [5.74, 6) is 0.729. The first kappa shape index (κ1) is 17.5. The first-order chi connectivity index (χ1) is 12.6. The third kappa shape index (κ3) is 3.25. The second-order valence-electron chi connectivity index (χ2n) is 8.19. The molecule has 2 atom stereocenters. The molecular formula is C21H29N3O2. The molecule has 1 aromatic rings. The van der Waals surface area contributed by atoms with Gasteiger partial charge in [0.1, 0.15) is 0 Å². The Labute approximate surface area is 155 Å². The molecule has 1 aromatic carbocycles. The van der Waals surface area contributed by atoms with Crippen LogP contribution in [-0.2, 0) is 9.59 Å². The summed E-state index contributed by atoms with van der Waals surface area (Å²) in [6.45, 7) is 5.30. The zero-order chi connectivity index (χ0) is 18.1. The van der Waals surface area contributed by atoms with Gasteiger partial charge in [-0.05, 0) is 31.2 Å². The van der Waals surface area contributed by atoms with E-state index in [0.717, 1.165) is 51.9 Å². The number of carbonyl (C=O) groups is 2. The predicted molar refractivity (Wildman–Crippen MR) is 101 cm³/mol. The zero-order valence-corrected chi connectivity index (χ0v) is 15.6. The number of rotatable bonds is 2. The van der Waals surface area contributed by atoms with Crippen LogP contribution in [0.4, 0.5) is 0 Å². The van der Waals surface area contributed by atoms with Gasteiger partial charge < -0.3 is 10.2 Å². The zero-order valence-electron chi connectivity index (χ0n) is 15.6. The van der Waals surface area contributed by atoms with Crippen LogP contribution in [0, 0.1) is 0 Å². The maximum Gasteiger partial charge on any atom is 0.220 e. The highest BCUT2D eigenvalue weighted by molar-refractivity contribution is 5.78. The lowest BCUT2D eigenvalue weighted by Crippen LogP contribution is -2.56. The van der Waals surface area contributed by atoms with Crippen molar-refractivity contribution < 1.29 is 9.59 Å². The number of hydrogen-bond donors (Lipinski definition) is 1. The number of piperidine rings is 2. The van der Waals surface area contributed by atoms with Crippen LogP contribution in [0.2, 0.25) is 0 Å². The van der Waals surface area contributed by atoms with Crippen molar-refractivity contribution in [2.45, 2.75) is 56.5 Å². The highest BCUT2D eigenvalue weighted by atomic mass is 16.2. The third-order valence-corrected chi connectivity index (χ3v) is 6.61. The number of likely N-dealkylation sites (tertiary alicyclic amines) is 2. The molecular weight excluding hydrogens is 326 g/mol. The average molecular weight is 355 g/mol. The Hall–Kier alpha value is -1.88. The molecule has 0 saturated carbocycles. The van der Waals surface area contributed by atoms with E-state index in [-0.39, 0.29) is 17.4 Å². The molecule has 0 radical (unpaired) electrons. The third-order valence-electron chi connectivity index (χ3n) is 6.61. The fourth-order valence-corrected chi connectivity index (χ4v) is 5.23. The van der Waals surface area contributed by atoms with E-state index >= 15 is 0 Å². The molecule has 1 N–H and O–H groups in total. The summed E-state index contributed by atoms with van der Waals surface area (Å²) in [7, 11) is 0. The lowest BCUT2D eigenvalue weighted by molar-refractivity contribution is -0.130. The van der Waals surface area contributed by atoms with Crippen LogP contribution in [0.15, 0.2) is 30.3 Å². The quantitative estimate of drug-likeness (QED) is 0.884. The van der Waals surface area contributed by atoms with Crippen molar-refractivity contribution in [2.75, 3.05) is 26.2 Å². The molecule has 5 nitrogen and oxygen atoms in total. The Bertz CT molecular complexity index is 669. The molecule has 3 heterocycles. The number of carbonyl (C=O) groups excluding carboxylic acids is 2. The van der Waals surface area contributed by atoms with Gasteiger partial charge in [0.25, 0.3) is 0 Å². The van der Waals surface area contributed by atoms with Gasteiger partial charge in [-0.1, -0.05) is 30.3 Å². The molecule has 1 spiro atoms. The summed E-state index contributed by atoms with van der Waals surface area (Å²) < 4.78 is 0. The van der Waals surface area contributed by atoms with Crippen LogP contribution in [0.5, 0.6) is 0 Å². The molecule has 0 bridgehead atoms.